The highest BCUT2D eigenvalue weighted by molar-refractivity contribution is 5.62. The maximum Gasteiger partial charge on any atom is 0.249 e. The first kappa shape index (κ1) is 16.7. The van der Waals surface area contributed by atoms with Crippen molar-refractivity contribution in [3.05, 3.63) is 60.3 Å². The number of benzene rings is 2. The van der Waals surface area contributed by atoms with Crippen LogP contribution in [0.2, 0.25) is 0 Å². The van der Waals surface area contributed by atoms with Crippen LogP contribution < -0.4 is 15.5 Å². The van der Waals surface area contributed by atoms with E-state index in [1.165, 1.54) is 5.56 Å². The van der Waals surface area contributed by atoms with E-state index in [1.54, 1.807) is 6.20 Å². The Kier molecular flexibility index (Phi) is 5.09. The fraction of sp³-hybridized carbons (Fsp3) is 0.211. The summed E-state index contributed by atoms with van der Waals surface area (Å²) in [4.78, 5) is 6.54. The van der Waals surface area contributed by atoms with Gasteiger partial charge < -0.3 is 15.5 Å². The van der Waals surface area contributed by atoms with E-state index in [9.17, 15) is 0 Å². The highest BCUT2D eigenvalue weighted by Crippen LogP contribution is 2.21. The van der Waals surface area contributed by atoms with E-state index >= 15 is 0 Å². The standard InChI is InChI=1S/C19H22N6/c1-4-14-7-5-6-8-17(14)22-18-13-20-24-19(23-18)21-15-9-11-16(12-10-15)25(2)3/h5-13H,4H2,1-3H3,(H2,21,22,23,24). The molecule has 1 heterocycles. The average Bonchev–Trinajstić information content (AvgIpc) is 2.63. The van der Waals surface area contributed by atoms with Crippen LogP contribution in [0.15, 0.2) is 54.7 Å². The summed E-state index contributed by atoms with van der Waals surface area (Å²) < 4.78 is 0. The van der Waals surface area contributed by atoms with Crippen molar-refractivity contribution in [1.82, 2.24) is 15.2 Å². The molecule has 0 saturated carbocycles. The van der Waals surface area contributed by atoms with Crippen LogP contribution in [0.5, 0.6) is 0 Å². The Morgan fingerprint density at radius 2 is 1.72 bits per heavy atom. The molecule has 0 bridgehead atoms. The number of rotatable bonds is 6. The summed E-state index contributed by atoms with van der Waals surface area (Å²) in [6.07, 6.45) is 2.57. The van der Waals surface area contributed by atoms with Crippen molar-refractivity contribution in [3.63, 3.8) is 0 Å². The topological polar surface area (TPSA) is 66.0 Å². The van der Waals surface area contributed by atoms with Gasteiger partial charge in [0, 0.05) is 31.2 Å². The van der Waals surface area contributed by atoms with E-state index in [0.717, 1.165) is 23.5 Å². The Hall–Kier alpha value is -3.15. The molecular formula is C19H22N6. The lowest BCUT2D eigenvalue weighted by Gasteiger charge is -2.13. The monoisotopic (exact) mass is 334 g/mol. The minimum Gasteiger partial charge on any atom is -0.378 e. The number of para-hydroxylation sites is 1. The third-order valence-corrected chi connectivity index (χ3v) is 3.86. The van der Waals surface area contributed by atoms with Crippen molar-refractivity contribution >= 4 is 28.8 Å². The van der Waals surface area contributed by atoms with Gasteiger partial charge in [-0.2, -0.15) is 10.1 Å². The Labute approximate surface area is 147 Å². The highest BCUT2D eigenvalue weighted by atomic mass is 15.3. The second kappa shape index (κ2) is 7.61. The van der Waals surface area contributed by atoms with Crippen molar-refractivity contribution in [2.45, 2.75) is 13.3 Å². The van der Waals surface area contributed by atoms with Gasteiger partial charge >= 0.3 is 0 Å². The van der Waals surface area contributed by atoms with Crippen LogP contribution in [0.3, 0.4) is 0 Å². The molecule has 0 radical (unpaired) electrons. The summed E-state index contributed by atoms with van der Waals surface area (Å²) in [7, 11) is 4.03. The molecule has 0 aliphatic carbocycles. The summed E-state index contributed by atoms with van der Waals surface area (Å²) in [6.45, 7) is 2.13. The second-order valence-electron chi connectivity index (χ2n) is 5.87. The summed E-state index contributed by atoms with van der Waals surface area (Å²) >= 11 is 0. The van der Waals surface area contributed by atoms with Crippen molar-refractivity contribution in [2.24, 2.45) is 0 Å². The summed E-state index contributed by atoms with van der Waals surface area (Å²) in [5.41, 5.74) is 4.32. The summed E-state index contributed by atoms with van der Waals surface area (Å²) in [5.74, 6) is 1.11. The molecule has 6 nitrogen and oxygen atoms in total. The lowest BCUT2D eigenvalue weighted by molar-refractivity contribution is 0.981. The lowest BCUT2D eigenvalue weighted by atomic mass is 10.1. The van der Waals surface area contributed by atoms with Crippen molar-refractivity contribution in [1.29, 1.82) is 0 Å². The van der Waals surface area contributed by atoms with Crippen LogP contribution >= 0.6 is 0 Å². The predicted octanol–water partition coefficient (Wildman–Crippen LogP) is 3.99. The van der Waals surface area contributed by atoms with Crippen LogP contribution in [-0.4, -0.2) is 29.3 Å². The van der Waals surface area contributed by atoms with Crippen molar-refractivity contribution in [3.8, 4) is 0 Å². The lowest BCUT2D eigenvalue weighted by Crippen LogP contribution is -2.08. The van der Waals surface area contributed by atoms with Gasteiger partial charge in [-0.05, 0) is 42.3 Å². The maximum atomic E-state index is 4.49. The largest absolute Gasteiger partial charge is 0.378 e. The number of hydrogen-bond donors (Lipinski definition) is 2. The van der Waals surface area contributed by atoms with Crippen LogP contribution in [-0.2, 0) is 6.42 Å². The minimum atomic E-state index is 0.455. The summed E-state index contributed by atoms with van der Waals surface area (Å²) in [6, 6.07) is 16.2. The zero-order valence-electron chi connectivity index (χ0n) is 14.7. The molecule has 0 saturated heterocycles. The Morgan fingerprint density at radius 3 is 2.44 bits per heavy atom. The van der Waals surface area contributed by atoms with E-state index in [4.69, 9.17) is 0 Å². The van der Waals surface area contributed by atoms with Gasteiger partial charge in [0.05, 0.1) is 6.20 Å². The molecule has 128 valence electrons. The van der Waals surface area contributed by atoms with Gasteiger partial charge in [-0.3, -0.25) is 0 Å². The average molecular weight is 334 g/mol. The molecule has 0 amide bonds. The molecule has 2 N–H and O–H groups in total. The second-order valence-corrected chi connectivity index (χ2v) is 5.87. The molecule has 0 unspecified atom stereocenters. The predicted molar refractivity (Wildman–Crippen MR) is 103 cm³/mol. The number of nitrogens with one attached hydrogen (secondary N) is 2. The van der Waals surface area contributed by atoms with E-state index in [1.807, 2.05) is 56.6 Å². The van der Waals surface area contributed by atoms with Gasteiger partial charge in [0.15, 0.2) is 5.82 Å². The molecule has 0 spiro atoms. The Morgan fingerprint density at radius 1 is 0.960 bits per heavy atom. The van der Waals surface area contributed by atoms with Gasteiger partial charge in [-0.15, -0.1) is 5.10 Å². The minimum absolute atomic E-state index is 0.455. The number of nitrogens with zero attached hydrogens (tertiary/aromatic N) is 4. The van der Waals surface area contributed by atoms with Crippen LogP contribution in [0.1, 0.15) is 12.5 Å². The molecule has 0 aliphatic heterocycles. The van der Waals surface area contributed by atoms with Crippen LogP contribution in [0, 0.1) is 0 Å². The number of aryl methyl sites for hydroxylation is 1. The van der Waals surface area contributed by atoms with Gasteiger partial charge in [0.2, 0.25) is 5.95 Å². The molecule has 6 heteroatoms. The SMILES string of the molecule is CCc1ccccc1Nc1cnnc(Nc2ccc(N(C)C)cc2)n1. The van der Waals surface area contributed by atoms with E-state index in [-0.39, 0.29) is 0 Å². The van der Waals surface area contributed by atoms with Gasteiger partial charge in [-0.1, -0.05) is 25.1 Å². The van der Waals surface area contributed by atoms with Crippen molar-refractivity contribution in [2.75, 3.05) is 29.6 Å². The van der Waals surface area contributed by atoms with Gasteiger partial charge in [-0.25, -0.2) is 0 Å². The molecule has 2 aromatic carbocycles. The number of hydrogen-bond acceptors (Lipinski definition) is 6. The Bertz CT molecular complexity index is 829. The molecule has 0 atom stereocenters. The first-order chi connectivity index (χ1) is 12.2. The smallest absolute Gasteiger partial charge is 0.249 e. The normalized spacial score (nSPS) is 10.4. The third kappa shape index (κ3) is 4.23. The molecule has 1 aromatic heterocycles. The van der Waals surface area contributed by atoms with Gasteiger partial charge in [0.25, 0.3) is 0 Å². The first-order valence-corrected chi connectivity index (χ1v) is 8.25. The highest BCUT2D eigenvalue weighted by Gasteiger charge is 2.05. The maximum absolute atomic E-state index is 4.49. The zero-order valence-corrected chi connectivity index (χ0v) is 14.7. The molecule has 0 fully saturated rings. The molecule has 3 aromatic rings. The quantitative estimate of drug-likeness (QED) is 0.710. The molecule has 3 rings (SSSR count). The van der Waals surface area contributed by atoms with Gasteiger partial charge in [0.1, 0.15) is 0 Å². The fourth-order valence-corrected chi connectivity index (χ4v) is 2.48. The summed E-state index contributed by atoms with van der Waals surface area (Å²) in [5, 5.41) is 14.6. The van der Waals surface area contributed by atoms with Crippen LogP contribution in [0.25, 0.3) is 0 Å². The molecular weight excluding hydrogens is 312 g/mol. The first-order valence-electron chi connectivity index (χ1n) is 8.25. The van der Waals surface area contributed by atoms with E-state index in [2.05, 4.69) is 43.7 Å². The fourth-order valence-electron chi connectivity index (χ4n) is 2.48. The third-order valence-electron chi connectivity index (χ3n) is 3.86. The van der Waals surface area contributed by atoms with Crippen molar-refractivity contribution < 1.29 is 0 Å². The van der Waals surface area contributed by atoms with E-state index < -0.39 is 0 Å². The number of aromatic nitrogens is 3. The Balaban J connectivity index is 1.75. The number of anilines is 5. The molecule has 25 heavy (non-hydrogen) atoms. The van der Waals surface area contributed by atoms with Crippen LogP contribution in [0.4, 0.5) is 28.8 Å². The zero-order chi connectivity index (χ0) is 17.6. The van der Waals surface area contributed by atoms with E-state index in [0.29, 0.717) is 11.8 Å². The molecule has 0 aliphatic rings.